The number of benzene rings is 2. The zero-order valence-corrected chi connectivity index (χ0v) is 19.1. The molecular formula is C25H26N4O6. The minimum Gasteiger partial charge on any atom is -0.480 e. The van der Waals surface area contributed by atoms with Gasteiger partial charge in [-0.3, -0.25) is 15.0 Å². The Morgan fingerprint density at radius 2 is 1.63 bits per heavy atom. The van der Waals surface area contributed by atoms with E-state index in [1.807, 2.05) is 0 Å². The van der Waals surface area contributed by atoms with Gasteiger partial charge in [0, 0.05) is 17.7 Å². The van der Waals surface area contributed by atoms with Gasteiger partial charge in [0.2, 0.25) is 5.91 Å². The number of ether oxygens (including phenoxy) is 1. The quantitative estimate of drug-likeness (QED) is 0.0952. The lowest BCUT2D eigenvalue weighted by Gasteiger charge is -2.27. The summed E-state index contributed by atoms with van der Waals surface area (Å²) in [6.07, 6.45) is 2.35. The van der Waals surface area contributed by atoms with Crippen LogP contribution in [-0.4, -0.2) is 52.2 Å². The summed E-state index contributed by atoms with van der Waals surface area (Å²) in [5, 5.41) is 16.8. The Balaban J connectivity index is 2.16. The number of nitrogens with two attached hydrogens (primary N) is 2. The van der Waals surface area contributed by atoms with Crippen LogP contribution in [0.3, 0.4) is 0 Å². The summed E-state index contributed by atoms with van der Waals surface area (Å²) < 4.78 is 5.30. The standard InChI is InChI=1S/C25H26N4O6/c1-3-12-29(20(24(32)33)14-21(26)30)23(31)15(2)13-16-4-6-18(7-5-16)25(34)35-19-10-8-17(9-11-19)22(27)28/h3-11,13,20H,1,12,14H2,2H3,(H2,26,30)(H3,27,28)(H,32,33)/t20-/m0/s1. The number of carbonyl (C=O) groups is 4. The normalized spacial score (nSPS) is 11.7. The monoisotopic (exact) mass is 478 g/mol. The number of carbonyl (C=O) groups excluding carboxylic acids is 3. The van der Waals surface area contributed by atoms with Gasteiger partial charge in [0.15, 0.2) is 0 Å². The molecule has 10 nitrogen and oxygen atoms in total. The molecule has 0 aromatic heterocycles. The molecule has 0 saturated carbocycles. The van der Waals surface area contributed by atoms with Crippen LogP contribution in [0.5, 0.6) is 5.75 Å². The van der Waals surface area contributed by atoms with Gasteiger partial charge in [-0.1, -0.05) is 18.2 Å². The molecule has 182 valence electrons. The number of nitrogens with one attached hydrogen (secondary N) is 1. The zero-order chi connectivity index (χ0) is 26.1. The van der Waals surface area contributed by atoms with E-state index < -0.39 is 36.2 Å². The van der Waals surface area contributed by atoms with Crippen molar-refractivity contribution in [3.63, 3.8) is 0 Å². The number of rotatable bonds is 11. The van der Waals surface area contributed by atoms with Crippen molar-refractivity contribution in [3.05, 3.63) is 83.4 Å². The largest absolute Gasteiger partial charge is 0.480 e. The molecule has 0 fully saturated rings. The number of hydrogen-bond acceptors (Lipinski definition) is 6. The molecule has 0 aliphatic heterocycles. The molecule has 0 unspecified atom stereocenters. The van der Waals surface area contributed by atoms with Gasteiger partial charge in [-0.2, -0.15) is 0 Å². The number of carboxylic acids is 1. The molecule has 0 aliphatic rings. The number of hydrogen-bond donors (Lipinski definition) is 4. The molecule has 2 aromatic carbocycles. The van der Waals surface area contributed by atoms with Crippen LogP contribution in [0, 0.1) is 5.41 Å². The van der Waals surface area contributed by atoms with Crippen molar-refractivity contribution in [1.29, 1.82) is 5.41 Å². The second-order valence-corrected chi connectivity index (χ2v) is 7.55. The van der Waals surface area contributed by atoms with Crippen molar-refractivity contribution < 1.29 is 29.0 Å². The van der Waals surface area contributed by atoms with Gasteiger partial charge >= 0.3 is 11.9 Å². The highest BCUT2D eigenvalue weighted by Gasteiger charge is 2.31. The number of nitrogens with zero attached hydrogens (tertiary/aromatic N) is 1. The van der Waals surface area contributed by atoms with Gasteiger partial charge in [0.05, 0.1) is 12.0 Å². The van der Waals surface area contributed by atoms with Crippen LogP contribution in [-0.2, 0) is 14.4 Å². The average Bonchev–Trinajstić information content (AvgIpc) is 2.81. The smallest absolute Gasteiger partial charge is 0.343 e. The molecule has 0 aliphatic carbocycles. The first-order chi connectivity index (χ1) is 16.5. The van der Waals surface area contributed by atoms with Gasteiger partial charge in [0.25, 0.3) is 5.91 Å². The van der Waals surface area contributed by atoms with Crippen LogP contribution in [0.15, 0.2) is 66.8 Å². The minimum atomic E-state index is -1.43. The maximum absolute atomic E-state index is 12.9. The zero-order valence-electron chi connectivity index (χ0n) is 19.1. The van der Waals surface area contributed by atoms with E-state index in [2.05, 4.69) is 6.58 Å². The third kappa shape index (κ3) is 7.39. The van der Waals surface area contributed by atoms with Crippen molar-refractivity contribution in [3.8, 4) is 5.75 Å². The van der Waals surface area contributed by atoms with Crippen LogP contribution in [0.1, 0.15) is 34.8 Å². The number of primary amides is 1. The van der Waals surface area contributed by atoms with E-state index in [-0.39, 0.29) is 29.3 Å². The first-order valence-electron chi connectivity index (χ1n) is 10.4. The van der Waals surface area contributed by atoms with Gasteiger partial charge in [0.1, 0.15) is 17.6 Å². The summed E-state index contributed by atoms with van der Waals surface area (Å²) >= 11 is 0. The number of aliphatic carboxylic acids is 1. The highest BCUT2D eigenvalue weighted by atomic mass is 16.5. The first-order valence-corrected chi connectivity index (χ1v) is 10.4. The summed E-state index contributed by atoms with van der Waals surface area (Å²) in [6.45, 7) is 4.95. The number of esters is 1. The topological polar surface area (TPSA) is 177 Å². The Hall–Kier alpha value is -4.73. The fraction of sp³-hybridized carbons (Fsp3) is 0.160. The Kier molecular flexibility index (Phi) is 9.04. The maximum atomic E-state index is 12.9. The molecule has 6 N–H and O–H groups in total. The SMILES string of the molecule is C=CCN(C(=O)C(C)=Cc1ccc(C(=O)Oc2ccc(C(=N)N)cc2)cc1)[C@@H](CC(N)=O)C(=O)O. The highest BCUT2D eigenvalue weighted by molar-refractivity contribution is 6.00. The summed E-state index contributed by atoms with van der Waals surface area (Å²) in [5.74, 6) is -3.22. The molecule has 2 rings (SSSR count). The van der Waals surface area contributed by atoms with E-state index in [4.69, 9.17) is 21.6 Å². The van der Waals surface area contributed by atoms with Crippen molar-refractivity contribution in [2.24, 2.45) is 11.5 Å². The fourth-order valence-corrected chi connectivity index (χ4v) is 3.13. The molecule has 0 bridgehead atoms. The van der Waals surface area contributed by atoms with E-state index in [1.165, 1.54) is 43.3 Å². The number of carboxylic acid groups (broad SMARTS) is 1. The molecule has 0 heterocycles. The Morgan fingerprint density at radius 3 is 2.11 bits per heavy atom. The van der Waals surface area contributed by atoms with Crippen LogP contribution in [0.4, 0.5) is 0 Å². The summed E-state index contributed by atoms with van der Waals surface area (Å²) in [5.41, 5.74) is 12.1. The fourth-order valence-electron chi connectivity index (χ4n) is 3.13. The Morgan fingerprint density at radius 1 is 1.06 bits per heavy atom. The lowest BCUT2D eigenvalue weighted by Crippen LogP contribution is -2.47. The number of amides is 2. The second-order valence-electron chi connectivity index (χ2n) is 7.55. The predicted octanol–water partition coefficient (Wildman–Crippen LogP) is 1.94. The van der Waals surface area contributed by atoms with Gasteiger partial charge in [-0.15, -0.1) is 6.58 Å². The molecule has 1 atom stereocenters. The minimum absolute atomic E-state index is 0.0908. The third-order valence-corrected chi connectivity index (χ3v) is 4.89. The Bertz CT molecular complexity index is 1170. The molecule has 0 saturated heterocycles. The van der Waals surface area contributed by atoms with E-state index >= 15 is 0 Å². The molecular weight excluding hydrogens is 452 g/mol. The molecule has 2 aromatic rings. The predicted molar refractivity (Wildman–Crippen MR) is 130 cm³/mol. The molecule has 35 heavy (non-hydrogen) atoms. The molecule has 0 radical (unpaired) electrons. The summed E-state index contributed by atoms with van der Waals surface area (Å²) in [4.78, 5) is 49.2. The average molecular weight is 479 g/mol. The summed E-state index contributed by atoms with van der Waals surface area (Å²) in [6, 6.07) is 11.0. The van der Waals surface area contributed by atoms with Gasteiger partial charge < -0.3 is 26.2 Å². The van der Waals surface area contributed by atoms with E-state index in [9.17, 15) is 24.3 Å². The number of amidine groups is 1. The van der Waals surface area contributed by atoms with E-state index in [0.29, 0.717) is 11.1 Å². The highest BCUT2D eigenvalue weighted by Crippen LogP contribution is 2.17. The van der Waals surface area contributed by atoms with Crippen LogP contribution < -0.4 is 16.2 Å². The van der Waals surface area contributed by atoms with Crippen LogP contribution >= 0.6 is 0 Å². The lowest BCUT2D eigenvalue weighted by atomic mass is 10.1. The van der Waals surface area contributed by atoms with Gasteiger partial charge in [-0.25, -0.2) is 9.59 Å². The molecule has 10 heteroatoms. The van der Waals surface area contributed by atoms with Crippen molar-refractivity contribution in [1.82, 2.24) is 4.90 Å². The lowest BCUT2D eigenvalue weighted by molar-refractivity contribution is -0.149. The maximum Gasteiger partial charge on any atom is 0.343 e. The van der Waals surface area contributed by atoms with Crippen LogP contribution in [0.2, 0.25) is 0 Å². The first kappa shape index (κ1) is 26.5. The molecule has 2 amide bonds. The third-order valence-electron chi connectivity index (χ3n) is 4.89. The van der Waals surface area contributed by atoms with Crippen molar-refractivity contribution in [2.45, 2.75) is 19.4 Å². The van der Waals surface area contributed by atoms with Gasteiger partial charge in [-0.05, 0) is 55.0 Å². The second kappa shape index (κ2) is 11.9. The Labute approximate surface area is 202 Å². The van der Waals surface area contributed by atoms with Crippen molar-refractivity contribution in [2.75, 3.05) is 6.54 Å². The van der Waals surface area contributed by atoms with Crippen LogP contribution in [0.25, 0.3) is 6.08 Å². The van der Waals surface area contributed by atoms with Crippen molar-refractivity contribution >= 4 is 35.7 Å². The number of nitrogen functional groups attached to an aromatic ring is 1. The molecule has 0 spiro atoms. The summed E-state index contributed by atoms with van der Waals surface area (Å²) in [7, 11) is 0. The van der Waals surface area contributed by atoms with E-state index in [1.54, 1.807) is 24.3 Å². The van der Waals surface area contributed by atoms with E-state index in [0.717, 1.165) is 4.90 Å².